The van der Waals surface area contributed by atoms with Crippen LogP contribution in [-0.4, -0.2) is 34.6 Å². The molecule has 0 saturated carbocycles. The lowest BCUT2D eigenvalue weighted by molar-refractivity contribution is 0.204. The Kier molecular flexibility index (Phi) is 3.91. The third-order valence-corrected chi connectivity index (χ3v) is 3.45. The van der Waals surface area contributed by atoms with Crippen molar-refractivity contribution >= 4 is 0 Å². The quantitative estimate of drug-likeness (QED) is 0.805. The van der Waals surface area contributed by atoms with E-state index in [4.69, 9.17) is 5.73 Å². The first kappa shape index (κ1) is 12.3. The number of nitrogens with zero attached hydrogens (tertiary/aromatic N) is 3. The molecule has 0 aromatic carbocycles. The molecule has 5 nitrogen and oxygen atoms in total. The lowest BCUT2D eigenvalue weighted by atomic mass is 9.97. The van der Waals surface area contributed by atoms with Crippen LogP contribution in [0.15, 0.2) is 17.3 Å². The van der Waals surface area contributed by atoms with E-state index in [1.807, 2.05) is 10.8 Å². The van der Waals surface area contributed by atoms with Gasteiger partial charge in [0.15, 0.2) is 0 Å². The van der Waals surface area contributed by atoms with Crippen molar-refractivity contribution in [2.24, 2.45) is 11.7 Å². The predicted octanol–water partition coefficient (Wildman–Crippen LogP) is 0.0438. The fraction of sp³-hybridized carbons (Fsp3) is 0.667. The van der Waals surface area contributed by atoms with Crippen molar-refractivity contribution in [2.45, 2.75) is 25.9 Å². The van der Waals surface area contributed by atoms with Crippen molar-refractivity contribution in [1.82, 2.24) is 14.5 Å². The second kappa shape index (κ2) is 5.42. The average molecular weight is 236 g/mol. The Hall–Kier alpha value is -1.20. The van der Waals surface area contributed by atoms with Crippen molar-refractivity contribution in [3.63, 3.8) is 0 Å². The highest BCUT2D eigenvalue weighted by Gasteiger charge is 2.16. The Bertz CT molecular complexity index is 421. The van der Waals surface area contributed by atoms with Crippen molar-refractivity contribution in [3.8, 4) is 0 Å². The minimum absolute atomic E-state index is 0.202. The number of rotatable bonds is 3. The van der Waals surface area contributed by atoms with E-state index in [2.05, 4.69) is 16.9 Å². The molecule has 1 aliphatic heterocycles. The lowest BCUT2D eigenvalue weighted by Gasteiger charge is -2.29. The van der Waals surface area contributed by atoms with Crippen LogP contribution in [0.3, 0.4) is 0 Å². The highest BCUT2D eigenvalue weighted by molar-refractivity contribution is 5.03. The van der Waals surface area contributed by atoms with Crippen LogP contribution in [0.5, 0.6) is 0 Å². The molecular formula is C12H20N4O. The van der Waals surface area contributed by atoms with Gasteiger partial charge in [-0.2, -0.15) is 4.98 Å². The topological polar surface area (TPSA) is 64.2 Å². The Morgan fingerprint density at radius 2 is 2.18 bits per heavy atom. The third-order valence-electron chi connectivity index (χ3n) is 3.45. The average Bonchev–Trinajstić information content (AvgIpc) is 2.34. The molecule has 1 saturated heterocycles. The van der Waals surface area contributed by atoms with Gasteiger partial charge in [0.25, 0.3) is 5.56 Å². The molecule has 1 fully saturated rings. The van der Waals surface area contributed by atoms with Gasteiger partial charge >= 0.3 is 0 Å². The van der Waals surface area contributed by atoms with Gasteiger partial charge in [-0.05, 0) is 38.9 Å². The molecule has 0 amide bonds. The predicted molar refractivity (Wildman–Crippen MR) is 66.6 cm³/mol. The smallest absolute Gasteiger partial charge is 0.277 e. The van der Waals surface area contributed by atoms with Gasteiger partial charge in [-0.25, -0.2) is 0 Å². The van der Waals surface area contributed by atoms with E-state index in [0.29, 0.717) is 11.5 Å². The molecule has 0 aliphatic carbocycles. The lowest BCUT2D eigenvalue weighted by Crippen LogP contribution is -2.32. The zero-order valence-corrected chi connectivity index (χ0v) is 10.3. The minimum Gasteiger partial charge on any atom is -0.338 e. The van der Waals surface area contributed by atoms with Crippen LogP contribution in [0, 0.1) is 5.92 Å². The van der Waals surface area contributed by atoms with E-state index in [1.54, 1.807) is 6.33 Å². The van der Waals surface area contributed by atoms with Gasteiger partial charge in [0, 0.05) is 24.8 Å². The molecule has 0 unspecified atom stereocenters. The summed E-state index contributed by atoms with van der Waals surface area (Å²) < 4.78 is 2.00. The summed E-state index contributed by atoms with van der Waals surface area (Å²) in [4.78, 5) is 17.5. The summed E-state index contributed by atoms with van der Waals surface area (Å²) in [5.41, 5.74) is 5.91. The van der Waals surface area contributed by atoms with Crippen LogP contribution in [0.4, 0.5) is 0 Å². The molecule has 0 bridgehead atoms. The second-order valence-electron chi connectivity index (χ2n) is 4.85. The van der Waals surface area contributed by atoms with Gasteiger partial charge in [-0.1, -0.05) is 0 Å². The molecule has 2 N–H and O–H groups in total. The van der Waals surface area contributed by atoms with Crippen LogP contribution in [0.25, 0.3) is 0 Å². The zero-order valence-electron chi connectivity index (χ0n) is 10.3. The molecule has 2 rings (SSSR count). The Balaban J connectivity index is 2.01. The number of hydrogen-bond acceptors (Lipinski definition) is 4. The summed E-state index contributed by atoms with van der Waals surface area (Å²) in [5.74, 6) is 0.682. The Morgan fingerprint density at radius 1 is 1.47 bits per heavy atom. The van der Waals surface area contributed by atoms with E-state index in [0.717, 1.165) is 19.6 Å². The molecule has 94 valence electrons. The standard InChI is InChI=1S/C12H20N4O/c1-15-4-2-10(3-5-15)7-16-8-11(6-13)12(17)14-9-16/h8-10H,2-7,13H2,1H3. The minimum atomic E-state index is -0.202. The largest absolute Gasteiger partial charge is 0.338 e. The van der Waals surface area contributed by atoms with Crippen molar-refractivity contribution < 1.29 is 0 Å². The maximum Gasteiger partial charge on any atom is 0.277 e. The van der Waals surface area contributed by atoms with Crippen LogP contribution >= 0.6 is 0 Å². The van der Waals surface area contributed by atoms with E-state index >= 15 is 0 Å². The Labute approximate surface area is 101 Å². The fourth-order valence-corrected chi connectivity index (χ4v) is 2.28. The van der Waals surface area contributed by atoms with Crippen LogP contribution < -0.4 is 11.3 Å². The van der Waals surface area contributed by atoms with Crippen molar-refractivity contribution in [1.29, 1.82) is 0 Å². The number of piperidine rings is 1. The van der Waals surface area contributed by atoms with Gasteiger partial charge in [0.1, 0.15) is 0 Å². The number of nitrogens with two attached hydrogens (primary N) is 1. The van der Waals surface area contributed by atoms with E-state index in [-0.39, 0.29) is 12.1 Å². The van der Waals surface area contributed by atoms with Crippen molar-refractivity contribution in [2.75, 3.05) is 20.1 Å². The van der Waals surface area contributed by atoms with Crippen LogP contribution in [0.1, 0.15) is 18.4 Å². The van der Waals surface area contributed by atoms with Gasteiger partial charge in [0.05, 0.1) is 6.33 Å². The Morgan fingerprint density at radius 3 is 2.82 bits per heavy atom. The fourth-order valence-electron chi connectivity index (χ4n) is 2.28. The summed E-state index contributed by atoms with van der Waals surface area (Å²) >= 11 is 0. The summed E-state index contributed by atoms with van der Waals surface area (Å²) in [5, 5.41) is 0. The van der Waals surface area contributed by atoms with Gasteiger partial charge < -0.3 is 15.2 Å². The number of aromatic nitrogens is 2. The molecule has 1 aromatic heterocycles. The first-order valence-corrected chi connectivity index (χ1v) is 6.12. The molecule has 1 aromatic rings. The SMILES string of the molecule is CN1CCC(Cn2cnc(=O)c(CN)c2)CC1. The van der Waals surface area contributed by atoms with E-state index in [1.165, 1.54) is 12.8 Å². The summed E-state index contributed by atoms with van der Waals surface area (Å²) in [6.07, 6.45) is 5.88. The van der Waals surface area contributed by atoms with E-state index in [9.17, 15) is 4.79 Å². The third kappa shape index (κ3) is 3.14. The maximum absolute atomic E-state index is 11.3. The molecule has 2 heterocycles. The first-order valence-electron chi connectivity index (χ1n) is 6.12. The van der Waals surface area contributed by atoms with Crippen LogP contribution in [0.2, 0.25) is 0 Å². The molecule has 5 heteroatoms. The monoisotopic (exact) mass is 236 g/mol. The van der Waals surface area contributed by atoms with Crippen molar-refractivity contribution in [3.05, 3.63) is 28.4 Å². The number of hydrogen-bond donors (Lipinski definition) is 1. The van der Waals surface area contributed by atoms with Crippen LogP contribution in [-0.2, 0) is 13.1 Å². The highest BCUT2D eigenvalue weighted by atomic mass is 16.1. The maximum atomic E-state index is 11.3. The molecule has 1 aliphatic rings. The summed E-state index contributed by atoms with van der Waals surface area (Å²) in [6.45, 7) is 3.51. The van der Waals surface area contributed by atoms with Gasteiger partial charge in [-0.15, -0.1) is 0 Å². The number of likely N-dealkylation sites (tertiary alicyclic amines) is 1. The normalized spacial score (nSPS) is 18.5. The van der Waals surface area contributed by atoms with Gasteiger partial charge in [-0.3, -0.25) is 4.79 Å². The van der Waals surface area contributed by atoms with Gasteiger partial charge in [0.2, 0.25) is 0 Å². The summed E-state index contributed by atoms with van der Waals surface area (Å²) in [6, 6.07) is 0. The highest BCUT2D eigenvalue weighted by Crippen LogP contribution is 2.17. The second-order valence-corrected chi connectivity index (χ2v) is 4.85. The summed E-state index contributed by atoms with van der Waals surface area (Å²) in [7, 11) is 2.16. The molecule has 0 spiro atoms. The zero-order chi connectivity index (χ0) is 12.3. The molecule has 0 radical (unpaired) electrons. The first-order chi connectivity index (χ1) is 8.19. The molecule has 17 heavy (non-hydrogen) atoms. The molecule has 0 atom stereocenters. The molecular weight excluding hydrogens is 216 g/mol. The van der Waals surface area contributed by atoms with E-state index < -0.39 is 0 Å².